The Hall–Kier alpha value is -3.98. The molecule has 2 aromatic carbocycles. The lowest BCUT2D eigenvalue weighted by Crippen LogP contribution is -2.33. The number of nitrogen functional groups attached to an aromatic ring is 1. The third-order valence-electron chi connectivity index (χ3n) is 7.49. The number of nitrogens with one attached hydrogen (secondary N) is 1. The third kappa shape index (κ3) is 4.29. The second kappa shape index (κ2) is 9.15. The first-order valence-corrected chi connectivity index (χ1v) is 12.8. The van der Waals surface area contributed by atoms with E-state index in [4.69, 9.17) is 15.2 Å². The van der Waals surface area contributed by atoms with Gasteiger partial charge in [-0.05, 0) is 83.0 Å². The molecule has 3 N–H and O–H groups in total. The molecule has 1 saturated carbocycles. The highest BCUT2D eigenvalue weighted by Crippen LogP contribution is 2.37. The summed E-state index contributed by atoms with van der Waals surface area (Å²) < 4.78 is 8.04. The first-order valence-electron chi connectivity index (χ1n) is 12.8. The molecule has 0 spiro atoms. The molecule has 0 saturated heterocycles. The molecule has 5 aromatic rings. The highest BCUT2D eigenvalue weighted by atomic mass is 16.4. The summed E-state index contributed by atoms with van der Waals surface area (Å²) in [4.78, 5) is 15.8. The van der Waals surface area contributed by atoms with Crippen LogP contribution in [0.2, 0.25) is 0 Å². The number of fused-ring (bicyclic) bond motifs is 2. The number of nitrogens with two attached hydrogens (primary N) is 1. The standard InChI is InChI=1S/C28H32N8O/c1-16-13-17(2)25-22(14-16)33-28(37-25)32-19-7-5-18(6-8-19)24-23-26(29)30-15-31-27(23)36(34-24)21-11-9-20(10-12-21)35(3)4/h5-8,13-15,20-21H,9-12H2,1-4H3,(H,32,33)(H2,29,30,31)/t20-,21+. The lowest BCUT2D eigenvalue weighted by atomic mass is 9.90. The van der Waals surface area contributed by atoms with E-state index in [-0.39, 0.29) is 0 Å². The topological polar surface area (TPSA) is 111 Å². The predicted molar refractivity (Wildman–Crippen MR) is 147 cm³/mol. The number of rotatable bonds is 5. The molecule has 1 aliphatic carbocycles. The minimum atomic E-state index is 0.300. The predicted octanol–water partition coefficient (Wildman–Crippen LogP) is 5.62. The SMILES string of the molecule is Cc1cc(C)c2oc(Nc3ccc(-c4nn([C@H]5CC[C@@H](N(C)C)CC5)c5ncnc(N)c45)cc3)nc2c1. The van der Waals surface area contributed by atoms with Gasteiger partial charge < -0.3 is 20.4 Å². The smallest absolute Gasteiger partial charge is 0.300 e. The highest BCUT2D eigenvalue weighted by Gasteiger charge is 2.27. The van der Waals surface area contributed by atoms with Gasteiger partial charge in [-0.3, -0.25) is 0 Å². The molecule has 0 aliphatic heterocycles. The first kappa shape index (κ1) is 23.4. The summed E-state index contributed by atoms with van der Waals surface area (Å²) >= 11 is 0. The number of oxazole rings is 1. The molecule has 190 valence electrons. The van der Waals surface area contributed by atoms with Gasteiger partial charge in [0.1, 0.15) is 23.4 Å². The van der Waals surface area contributed by atoms with Crippen molar-refractivity contribution in [3.05, 3.63) is 53.9 Å². The minimum absolute atomic E-state index is 0.300. The summed E-state index contributed by atoms with van der Waals surface area (Å²) in [5, 5.41) is 9.13. The van der Waals surface area contributed by atoms with Crippen LogP contribution >= 0.6 is 0 Å². The van der Waals surface area contributed by atoms with Gasteiger partial charge in [-0.25, -0.2) is 14.6 Å². The fourth-order valence-electron chi connectivity index (χ4n) is 5.54. The molecule has 9 heteroatoms. The Bertz CT molecular complexity index is 1580. The Morgan fingerprint density at radius 2 is 1.78 bits per heavy atom. The van der Waals surface area contributed by atoms with Crippen molar-refractivity contribution < 1.29 is 4.42 Å². The van der Waals surface area contributed by atoms with Crippen LogP contribution in [0.15, 0.2) is 47.1 Å². The van der Waals surface area contributed by atoms with Crippen LogP contribution < -0.4 is 11.1 Å². The van der Waals surface area contributed by atoms with Crippen LogP contribution in [0.1, 0.15) is 42.9 Å². The third-order valence-corrected chi connectivity index (χ3v) is 7.49. The summed E-state index contributed by atoms with van der Waals surface area (Å²) in [5.74, 6) is 0.451. The summed E-state index contributed by atoms with van der Waals surface area (Å²) in [7, 11) is 4.32. The number of hydrogen-bond acceptors (Lipinski definition) is 8. The number of aromatic nitrogens is 5. The number of hydrogen-bond donors (Lipinski definition) is 2. The van der Waals surface area contributed by atoms with Gasteiger partial charge in [0.15, 0.2) is 11.2 Å². The van der Waals surface area contributed by atoms with Crippen molar-refractivity contribution in [1.82, 2.24) is 29.6 Å². The Balaban J connectivity index is 1.30. The van der Waals surface area contributed by atoms with Crippen molar-refractivity contribution in [3.63, 3.8) is 0 Å². The van der Waals surface area contributed by atoms with Crippen LogP contribution in [0, 0.1) is 13.8 Å². The molecule has 3 aromatic heterocycles. The van der Waals surface area contributed by atoms with Crippen molar-refractivity contribution in [1.29, 1.82) is 0 Å². The fourth-order valence-corrected chi connectivity index (χ4v) is 5.54. The van der Waals surface area contributed by atoms with E-state index in [9.17, 15) is 0 Å². The molecule has 3 heterocycles. The average molecular weight is 497 g/mol. The lowest BCUT2D eigenvalue weighted by Gasteiger charge is -2.32. The summed E-state index contributed by atoms with van der Waals surface area (Å²) in [5.41, 5.74) is 13.7. The molecule has 1 fully saturated rings. The fraction of sp³-hybridized carbons (Fsp3) is 0.357. The van der Waals surface area contributed by atoms with Crippen LogP contribution in [-0.2, 0) is 0 Å². The summed E-state index contributed by atoms with van der Waals surface area (Å²) in [6.45, 7) is 4.09. The maximum absolute atomic E-state index is 6.35. The molecule has 0 radical (unpaired) electrons. The molecule has 0 unspecified atom stereocenters. The summed E-state index contributed by atoms with van der Waals surface area (Å²) in [6.07, 6.45) is 5.95. The van der Waals surface area contributed by atoms with Gasteiger partial charge in [-0.1, -0.05) is 18.2 Å². The summed E-state index contributed by atoms with van der Waals surface area (Å²) in [6, 6.07) is 13.6. The van der Waals surface area contributed by atoms with E-state index in [2.05, 4.69) is 56.9 Å². The van der Waals surface area contributed by atoms with E-state index in [0.29, 0.717) is 23.9 Å². The van der Waals surface area contributed by atoms with Gasteiger partial charge >= 0.3 is 0 Å². The molecular formula is C28H32N8O. The van der Waals surface area contributed by atoms with Gasteiger partial charge in [0.2, 0.25) is 0 Å². The number of anilines is 3. The second-order valence-corrected chi connectivity index (χ2v) is 10.3. The maximum atomic E-state index is 6.35. The zero-order valence-electron chi connectivity index (χ0n) is 21.7. The first-order chi connectivity index (χ1) is 17.9. The number of benzene rings is 2. The van der Waals surface area contributed by atoms with Gasteiger partial charge in [0.05, 0.1) is 11.4 Å². The largest absolute Gasteiger partial charge is 0.423 e. The lowest BCUT2D eigenvalue weighted by molar-refractivity contribution is 0.191. The van der Waals surface area contributed by atoms with Gasteiger partial charge in [0.25, 0.3) is 6.01 Å². The van der Waals surface area contributed by atoms with E-state index < -0.39 is 0 Å². The number of nitrogens with zero attached hydrogens (tertiary/aromatic N) is 6. The molecule has 9 nitrogen and oxygen atoms in total. The van der Waals surface area contributed by atoms with E-state index in [0.717, 1.165) is 75.9 Å². The number of aryl methyl sites for hydroxylation is 2. The van der Waals surface area contributed by atoms with Crippen LogP contribution in [0.3, 0.4) is 0 Å². The average Bonchev–Trinajstić information content (AvgIpc) is 3.47. The highest BCUT2D eigenvalue weighted by molar-refractivity contribution is 5.98. The van der Waals surface area contributed by atoms with E-state index in [1.165, 1.54) is 6.33 Å². The van der Waals surface area contributed by atoms with Crippen molar-refractivity contribution in [3.8, 4) is 11.3 Å². The van der Waals surface area contributed by atoms with Crippen LogP contribution in [-0.4, -0.2) is 49.8 Å². The van der Waals surface area contributed by atoms with Gasteiger partial charge in [0, 0.05) is 17.3 Å². The Morgan fingerprint density at radius 1 is 1.03 bits per heavy atom. The van der Waals surface area contributed by atoms with Crippen LogP contribution in [0.25, 0.3) is 33.4 Å². The molecular weight excluding hydrogens is 464 g/mol. The monoisotopic (exact) mass is 496 g/mol. The van der Waals surface area contributed by atoms with Crippen molar-refractivity contribution in [2.45, 2.75) is 51.6 Å². The Morgan fingerprint density at radius 3 is 2.51 bits per heavy atom. The molecule has 0 amide bonds. The Labute approximate surface area is 215 Å². The quantitative estimate of drug-likeness (QED) is 0.322. The van der Waals surface area contributed by atoms with E-state index in [1.807, 2.05) is 37.3 Å². The van der Waals surface area contributed by atoms with E-state index in [1.54, 1.807) is 0 Å². The molecule has 1 aliphatic rings. The zero-order valence-corrected chi connectivity index (χ0v) is 21.7. The van der Waals surface area contributed by atoms with Crippen LogP contribution in [0.4, 0.5) is 17.5 Å². The van der Waals surface area contributed by atoms with Crippen molar-refractivity contribution in [2.75, 3.05) is 25.1 Å². The van der Waals surface area contributed by atoms with Crippen molar-refractivity contribution >= 4 is 39.7 Å². The zero-order chi connectivity index (χ0) is 25.7. The van der Waals surface area contributed by atoms with Crippen molar-refractivity contribution in [2.24, 2.45) is 0 Å². The van der Waals surface area contributed by atoms with Crippen LogP contribution in [0.5, 0.6) is 0 Å². The van der Waals surface area contributed by atoms with Gasteiger partial charge in [-0.15, -0.1) is 0 Å². The second-order valence-electron chi connectivity index (χ2n) is 10.3. The molecule has 6 rings (SSSR count). The Kier molecular flexibility index (Phi) is 5.79. The normalized spacial score (nSPS) is 18.2. The van der Waals surface area contributed by atoms with Gasteiger partial charge in [-0.2, -0.15) is 10.1 Å². The molecule has 37 heavy (non-hydrogen) atoms. The molecule has 0 bridgehead atoms. The van der Waals surface area contributed by atoms with E-state index >= 15 is 0 Å². The maximum Gasteiger partial charge on any atom is 0.300 e. The minimum Gasteiger partial charge on any atom is -0.423 e. The molecule has 0 atom stereocenters.